The Morgan fingerprint density at radius 2 is 1.09 bits per heavy atom. The van der Waals surface area contributed by atoms with Gasteiger partial charge >= 0.3 is 19.8 Å². The van der Waals surface area contributed by atoms with Crippen LogP contribution in [0.5, 0.6) is 0 Å². The number of carbonyl (C=O) groups excluding carboxylic acids is 2. The fourth-order valence-electron chi connectivity index (χ4n) is 4.92. The molecule has 0 amide bonds. The molecule has 0 radical (unpaired) electrons. The van der Waals surface area contributed by atoms with Gasteiger partial charge in [-0.05, 0) is 38.5 Å². The van der Waals surface area contributed by atoms with Gasteiger partial charge < -0.3 is 20.1 Å². The number of hydrogen-bond donors (Lipinski definition) is 2. The number of phosphoric acid groups is 1. The molecule has 10 heteroatoms. The average molecular weight is 662 g/mol. The van der Waals surface area contributed by atoms with Crippen molar-refractivity contribution in [2.45, 2.75) is 174 Å². The van der Waals surface area contributed by atoms with Crippen LogP contribution < -0.4 is 5.73 Å². The predicted octanol–water partition coefficient (Wildman–Crippen LogP) is 9.49. The van der Waals surface area contributed by atoms with Gasteiger partial charge in [-0.3, -0.25) is 18.6 Å². The number of carbonyl (C=O) groups is 2. The van der Waals surface area contributed by atoms with Gasteiger partial charge in [-0.2, -0.15) is 0 Å². The average Bonchev–Trinajstić information content (AvgIpc) is 3.02. The minimum atomic E-state index is -4.36. The number of allylic oxidation sites excluding steroid dienone is 2. The van der Waals surface area contributed by atoms with E-state index >= 15 is 0 Å². The minimum absolute atomic E-state index is 0.0551. The van der Waals surface area contributed by atoms with Gasteiger partial charge in [0.2, 0.25) is 0 Å². The van der Waals surface area contributed by atoms with Crippen LogP contribution in [0.4, 0.5) is 0 Å². The summed E-state index contributed by atoms with van der Waals surface area (Å²) < 4.78 is 32.5. The first-order valence-corrected chi connectivity index (χ1v) is 19.7. The molecule has 0 aliphatic rings. The van der Waals surface area contributed by atoms with Crippen molar-refractivity contribution in [3.05, 3.63) is 12.2 Å². The summed E-state index contributed by atoms with van der Waals surface area (Å²) in [6, 6.07) is 0. The van der Waals surface area contributed by atoms with Crippen molar-refractivity contribution in [3.63, 3.8) is 0 Å². The lowest BCUT2D eigenvalue weighted by Gasteiger charge is -2.19. The topological polar surface area (TPSA) is 134 Å². The second-order valence-corrected chi connectivity index (χ2v) is 13.5. The molecule has 0 saturated carbocycles. The highest BCUT2D eigenvalue weighted by Gasteiger charge is 2.25. The Balaban J connectivity index is 4.20. The highest BCUT2D eigenvalue weighted by Crippen LogP contribution is 2.43. The standard InChI is InChI=1S/C35H68NO8P/c1-3-5-7-9-11-13-14-15-16-17-18-20-21-23-25-27-34(37)41-31-33(32-43-45(39,40)42-30-29-36)44-35(38)28-26-24-22-19-12-10-8-6-4-2/h13-14,33H,3-12,15-32,36H2,1-2H3,(H,39,40)/b14-13+/t33-/m0/s1. The summed E-state index contributed by atoms with van der Waals surface area (Å²) in [5.74, 6) is -0.834. The van der Waals surface area contributed by atoms with E-state index in [1.807, 2.05) is 0 Å². The number of esters is 2. The SMILES string of the molecule is CCCCCC/C=C/CCCCCCCCCC(=O)OC[C@@H](COP(=O)(O)OCCN)OC(=O)CCCCCCCCCCC. The number of nitrogens with two attached hydrogens (primary N) is 1. The molecule has 3 N–H and O–H groups in total. The zero-order valence-corrected chi connectivity index (χ0v) is 29.8. The summed E-state index contributed by atoms with van der Waals surface area (Å²) >= 11 is 0. The number of hydrogen-bond acceptors (Lipinski definition) is 8. The fourth-order valence-corrected chi connectivity index (χ4v) is 5.69. The lowest BCUT2D eigenvalue weighted by molar-refractivity contribution is -0.161. The fraction of sp³-hybridized carbons (Fsp3) is 0.886. The van der Waals surface area contributed by atoms with Crippen LogP contribution in [0.3, 0.4) is 0 Å². The number of unbranched alkanes of at least 4 members (excludes halogenated alkanes) is 19. The van der Waals surface area contributed by atoms with E-state index in [0.29, 0.717) is 6.42 Å². The molecule has 45 heavy (non-hydrogen) atoms. The number of ether oxygens (including phenoxy) is 2. The molecule has 2 atom stereocenters. The van der Waals surface area contributed by atoms with Crippen LogP contribution in [0, 0.1) is 0 Å². The Kier molecular flexibility index (Phi) is 31.8. The molecule has 0 aromatic carbocycles. The Morgan fingerprint density at radius 1 is 0.644 bits per heavy atom. The van der Waals surface area contributed by atoms with Gasteiger partial charge in [-0.15, -0.1) is 0 Å². The highest BCUT2D eigenvalue weighted by atomic mass is 31.2. The van der Waals surface area contributed by atoms with Crippen LogP contribution in [0.2, 0.25) is 0 Å². The van der Waals surface area contributed by atoms with Crippen molar-refractivity contribution in [2.75, 3.05) is 26.4 Å². The van der Waals surface area contributed by atoms with Crippen LogP contribution in [-0.2, 0) is 32.7 Å². The molecule has 9 nitrogen and oxygen atoms in total. The molecular weight excluding hydrogens is 593 g/mol. The summed E-state index contributed by atoms with van der Waals surface area (Å²) in [6.45, 7) is 3.68. The molecule has 0 aromatic rings. The molecule has 0 heterocycles. The summed E-state index contributed by atoms with van der Waals surface area (Å²) in [5, 5.41) is 0. The van der Waals surface area contributed by atoms with Crippen LogP contribution in [-0.4, -0.2) is 49.3 Å². The molecule has 0 rings (SSSR count). The summed E-state index contributed by atoms with van der Waals surface area (Å²) in [7, 11) is -4.36. The first kappa shape index (κ1) is 43.8. The van der Waals surface area contributed by atoms with Gasteiger partial charge in [0.15, 0.2) is 6.10 Å². The molecule has 0 saturated heterocycles. The maximum Gasteiger partial charge on any atom is 0.472 e. The van der Waals surface area contributed by atoms with Gasteiger partial charge in [0, 0.05) is 19.4 Å². The van der Waals surface area contributed by atoms with Crippen molar-refractivity contribution >= 4 is 19.8 Å². The third-order valence-electron chi connectivity index (χ3n) is 7.65. The molecule has 0 bridgehead atoms. The summed E-state index contributed by atoms with van der Waals surface area (Å²) in [5.41, 5.74) is 5.32. The van der Waals surface area contributed by atoms with Gasteiger partial charge in [-0.1, -0.05) is 129 Å². The number of rotatable bonds is 34. The van der Waals surface area contributed by atoms with Crippen molar-refractivity contribution in [2.24, 2.45) is 5.73 Å². The second kappa shape index (κ2) is 32.7. The lowest BCUT2D eigenvalue weighted by Crippen LogP contribution is -2.29. The zero-order chi connectivity index (χ0) is 33.3. The number of phosphoric ester groups is 1. The molecule has 0 fully saturated rings. The third kappa shape index (κ3) is 32.5. The normalized spacial score (nSPS) is 13.6. The molecule has 0 aromatic heterocycles. The largest absolute Gasteiger partial charge is 0.472 e. The monoisotopic (exact) mass is 661 g/mol. The van der Waals surface area contributed by atoms with E-state index in [-0.39, 0.29) is 38.6 Å². The van der Waals surface area contributed by atoms with Gasteiger partial charge in [-0.25, -0.2) is 4.57 Å². The van der Waals surface area contributed by atoms with E-state index in [9.17, 15) is 19.0 Å². The smallest absolute Gasteiger partial charge is 0.462 e. The van der Waals surface area contributed by atoms with E-state index in [0.717, 1.165) is 51.4 Å². The lowest BCUT2D eigenvalue weighted by atomic mass is 10.1. The highest BCUT2D eigenvalue weighted by molar-refractivity contribution is 7.47. The van der Waals surface area contributed by atoms with Crippen molar-refractivity contribution in [1.29, 1.82) is 0 Å². The van der Waals surface area contributed by atoms with Gasteiger partial charge in [0.1, 0.15) is 6.61 Å². The minimum Gasteiger partial charge on any atom is -0.462 e. The van der Waals surface area contributed by atoms with Crippen LogP contribution in [0.25, 0.3) is 0 Å². The summed E-state index contributed by atoms with van der Waals surface area (Å²) in [4.78, 5) is 34.5. The first-order chi connectivity index (χ1) is 21.8. The summed E-state index contributed by atoms with van der Waals surface area (Å²) in [6.07, 6.45) is 29.6. The third-order valence-corrected chi connectivity index (χ3v) is 8.64. The Morgan fingerprint density at radius 3 is 1.60 bits per heavy atom. The van der Waals surface area contributed by atoms with Crippen LogP contribution in [0.15, 0.2) is 12.2 Å². The van der Waals surface area contributed by atoms with Gasteiger partial charge in [0.05, 0.1) is 13.2 Å². The van der Waals surface area contributed by atoms with E-state index < -0.39 is 26.5 Å². The Hall–Kier alpha value is -1.25. The zero-order valence-electron chi connectivity index (χ0n) is 28.9. The van der Waals surface area contributed by atoms with E-state index in [2.05, 4.69) is 26.0 Å². The van der Waals surface area contributed by atoms with Gasteiger partial charge in [0.25, 0.3) is 0 Å². The Labute approximate surface area is 275 Å². The second-order valence-electron chi connectivity index (χ2n) is 12.1. The Bertz CT molecular complexity index is 764. The molecule has 0 spiro atoms. The van der Waals surface area contributed by atoms with E-state index in [4.69, 9.17) is 24.3 Å². The van der Waals surface area contributed by atoms with E-state index in [1.165, 1.54) is 83.5 Å². The first-order valence-electron chi connectivity index (χ1n) is 18.2. The maximum absolute atomic E-state index is 12.4. The van der Waals surface area contributed by atoms with Crippen LogP contribution >= 0.6 is 7.82 Å². The van der Waals surface area contributed by atoms with Crippen molar-refractivity contribution in [3.8, 4) is 0 Å². The quantitative estimate of drug-likeness (QED) is 0.0299. The molecule has 0 aliphatic carbocycles. The van der Waals surface area contributed by atoms with Crippen molar-refractivity contribution in [1.82, 2.24) is 0 Å². The maximum atomic E-state index is 12.4. The van der Waals surface area contributed by atoms with Crippen LogP contribution in [0.1, 0.15) is 168 Å². The molecule has 0 aliphatic heterocycles. The molecule has 266 valence electrons. The molecule has 1 unspecified atom stereocenters. The van der Waals surface area contributed by atoms with Crippen molar-refractivity contribution < 1.29 is 37.6 Å². The molecular formula is C35H68NO8P. The predicted molar refractivity (Wildman–Crippen MR) is 183 cm³/mol. The van der Waals surface area contributed by atoms with E-state index in [1.54, 1.807) is 0 Å².